The van der Waals surface area contributed by atoms with Crippen molar-refractivity contribution in [1.29, 1.82) is 0 Å². The van der Waals surface area contributed by atoms with Gasteiger partial charge in [0.1, 0.15) is 10.1 Å². The van der Waals surface area contributed by atoms with E-state index in [9.17, 15) is 4.79 Å². The molecule has 1 saturated heterocycles. The van der Waals surface area contributed by atoms with Crippen molar-refractivity contribution < 1.29 is 9.21 Å². The van der Waals surface area contributed by atoms with E-state index in [1.807, 2.05) is 12.1 Å². The molecule has 1 aliphatic rings. The number of carbonyl (C=O) groups excluding carboxylic acids is 1. The van der Waals surface area contributed by atoms with Gasteiger partial charge in [0.05, 0.1) is 10.9 Å². The molecule has 0 bridgehead atoms. The fourth-order valence-corrected chi connectivity index (χ4v) is 4.19. The maximum Gasteiger partial charge on any atom is 0.246 e. The third kappa shape index (κ3) is 3.28. The van der Waals surface area contributed by atoms with Crippen molar-refractivity contribution in [3.05, 3.63) is 50.9 Å². The van der Waals surface area contributed by atoms with Crippen molar-refractivity contribution in [3.8, 4) is 0 Å². The van der Waals surface area contributed by atoms with Crippen molar-refractivity contribution in [1.82, 2.24) is 0 Å². The van der Waals surface area contributed by atoms with E-state index in [1.54, 1.807) is 29.2 Å². The highest BCUT2D eigenvalue weighted by atomic mass is 127. The number of furan rings is 1. The van der Waals surface area contributed by atoms with Gasteiger partial charge in [-0.05, 0) is 59.0 Å². The van der Waals surface area contributed by atoms with Crippen LogP contribution in [-0.2, 0) is 11.2 Å². The highest BCUT2D eigenvalue weighted by Crippen LogP contribution is 2.34. The Bertz CT molecular complexity index is 701. The van der Waals surface area contributed by atoms with Gasteiger partial charge in [0.2, 0.25) is 5.91 Å². The highest BCUT2D eigenvalue weighted by molar-refractivity contribution is 14.1. The van der Waals surface area contributed by atoms with Gasteiger partial charge in [-0.1, -0.05) is 35.6 Å². The van der Waals surface area contributed by atoms with Crippen LogP contribution < -0.4 is 4.90 Å². The van der Waals surface area contributed by atoms with Gasteiger partial charge in [0.25, 0.3) is 0 Å². The van der Waals surface area contributed by atoms with Gasteiger partial charge in [0.15, 0.2) is 3.77 Å². The molecule has 1 aliphatic heterocycles. The number of thiocarbonyl (C=S) groups is 1. The molecular formula is C14H9ClINO2S2. The fraction of sp³-hybridized carbons (Fsp3) is 0.143. The molecule has 21 heavy (non-hydrogen) atoms. The number of anilines is 1. The van der Waals surface area contributed by atoms with Crippen LogP contribution in [0.15, 0.2) is 40.8 Å². The Morgan fingerprint density at radius 1 is 1.29 bits per heavy atom. The van der Waals surface area contributed by atoms with Crippen LogP contribution in [0.5, 0.6) is 0 Å². The summed E-state index contributed by atoms with van der Waals surface area (Å²) in [6.07, 6.45) is 0.538. The number of thioether (sulfide) groups is 1. The van der Waals surface area contributed by atoms with Crippen LogP contribution in [-0.4, -0.2) is 15.5 Å². The molecule has 3 rings (SSSR count). The summed E-state index contributed by atoms with van der Waals surface area (Å²) < 4.78 is 6.91. The average molecular weight is 450 g/mol. The maximum atomic E-state index is 12.6. The summed E-state index contributed by atoms with van der Waals surface area (Å²) in [5.74, 6) is 0.782. The fourth-order valence-electron chi connectivity index (χ4n) is 2.05. The summed E-state index contributed by atoms with van der Waals surface area (Å²) >= 11 is 14.7. The van der Waals surface area contributed by atoms with Gasteiger partial charge in [-0.15, -0.1) is 0 Å². The quantitative estimate of drug-likeness (QED) is 0.510. The Kier molecular flexibility index (Phi) is 4.58. The Morgan fingerprint density at radius 2 is 2.00 bits per heavy atom. The van der Waals surface area contributed by atoms with Gasteiger partial charge in [0, 0.05) is 11.4 Å². The molecule has 7 heteroatoms. The molecule has 2 heterocycles. The molecule has 2 aromatic rings. The van der Waals surface area contributed by atoms with Crippen molar-refractivity contribution in [3.63, 3.8) is 0 Å². The molecule has 0 N–H and O–H groups in total. The molecule has 108 valence electrons. The largest absolute Gasteiger partial charge is 0.455 e. The first-order chi connectivity index (χ1) is 10.0. The monoisotopic (exact) mass is 449 g/mol. The second-order valence-corrected chi connectivity index (χ2v) is 7.77. The standard InChI is InChI=1S/C14H9ClINO2S2/c15-8-1-3-9(4-2-8)17-13(18)11(21-14(17)20)7-10-5-6-12(16)19-10/h1-6,11H,7H2. The molecule has 0 spiro atoms. The molecule has 1 atom stereocenters. The summed E-state index contributed by atoms with van der Waals surface area (Å²) in [4.78, 5) is 14.1. The smallest absolute Gasteiger partial charge is 0.246 e. The first-order valence-corrected chi connectivity index (χ1v) is 8.83. The van der Waals surface area contributed by atoms with E-state index in [0.717, 1.165) is 15.2 Å². The zero-order valence-electron chi connectivity index (χ0n) is 10.6. The number of hydrogen-bond acceptors (Lipinski definition) is 4. The molecule has 0 radical (unpaired) electrons. The summed E-state index contributed by atoms with van der Waals surface area (Å²) in [6.45, 7) is 0. The zero-order valence-corrected chi connectivity index (χ0v) is 15.1. The summed E-state index contributed by atoms with van der Waals surface area (Å²) in [6, 6.07) is 10.9. The SMILES string of the molecule is O=C1C(Cc2ccc(I)o2)SC(=S)N1c1ccc(Cl)cc1. The molecular weight excluding hydrogens is 441 g/mol. The molecule has 3 nitrogen and oxygen atoms in total. The van der Waals surface area contributed by atoms with Gasteiger partial charge in [-0.3, -0.25) is 9.69 Å². The lowest BCUT2D eigenvalue weighted by Gasteiger charge is -2.15. The number of rotatable bonds is 3. The van der Waals surface area contributed by atoms with E-state index in [2.05, 4.69) is 22.6 Å². The lowest BCUT2D eigenvalue weighted by molar-refractivity contribution is -0.116. The van der Waals surface area contributed by atoms with Crippen LogP contribution in [0.2, 0.25) is 5.02 Å². The molecule has 1 amide bonds. The van der Waals surface area contributed by atoms with Gasteiger partial charge in [-0.2, -0.15) is 0 Å². The summed E-state index contributed by atoms with van der Waals surface area (Å²) in [5.41, 5.74) is 0.749. The van der Waals surface area contributed by atoms with E-state index in [0.29, 0.717) is 15.8 Å². The van der Waals surface area contributed by atoms with E-state index >= 15 is 0 Å². The number of halogens is 2. The van der Waals surface area contributed by atoms with Gasteiger partial charge >= 0.3 is 0 Å². The average Bonchev–Trinajstić information content (AvgIpc) is 2.96. The highest BCUT2D eigenvalue weighted by Gasteiger charge is 2.38. The van der Waals surface area contributed by atoms with E-state index < -0.39 is 0 Å². The Hall–Kier alpha value is -0.570. The van der Waals surface area contributed by atoms with Crippen LogP contribution in [0.3, 0.4) is 0 Å². The second kappa shape index (κ2) is 6.28. The summed E-state index contributed by atoms with van der Waals surface area (Å²) in [5, 5.41) is 0.390. The Labute approximate surface area is 150 Å². The third-order valence-corrected chi connectivity index (χ3v) is 5.36. The number of hydrogen-bond donors (Lipinski definition) is 0. The van der Waals surface area contributed by atoms with E-state index in [1.165, 1.54) is 11.8 Å². The minimum absolute atomic E-state index is 0.0151. The number of amides is 1. The van der Waals surface area contributed by atoms with Gasteiger partial charge < -0.3 is 4.42 Å². The minimum Gasteiger partial charge on any atom is -0.455 e. The molecule has 0 saturated carbocycles. The minimum atomic E-state index is -0.241. The van der Waals surface area contributed by atoms with E-state index in [4.69, 9.17) is 28.2 Å². The zero-order chi connectivity index (χ0) is 15.0. The third-order valence-electron chi connectivity index (χ3n) is 3.02. The van der Waals surface area contributed by atoms with E-state index in [-0.39, 0.29) is 11.2 Å². The van der Waals surface area contributed by atoms with Crippen molar-refractivity contribution >= 4 is 74.1 Å². The molecule has 1 aromatic heterocycles. The molecule has 1 fully saturated rings. The number of nitrogens with zero attached hydrogens (tertiary/aromatic N) is 1. The maximum absolute atomic E-state index is 12.6. The summed E-state index contributed by atoms with van der Waals surface area (Å²) in [7, 11) is 0. The Balaban J connectivity index is 1.80. The lowest BCUT2D eigenvalue weighted by Crippen LogP contribution is -2.31. The topological polar surface area (TPSA) is 33.5 Å². The van der Waals surface area contributed by atoms with Crippen LogP contribution in [0.25, 0.3) is 0 Å². The molecule has 0 aliphatic carbocycles. The van der Waals surface area contributed by atoms with Crippen molar-refractivity contribution in [2.75, 3.05) is 4.90 Å². The predicted molar refractivity (Wildman–Crippen MR) is 98.0 cm³/mol. The first-order valence-electron chi connectivity index (χ1n) is 6.09. The van der Waals surface area contributed by atoms with Gasteiger partial charge in [-0.25, -0.2) is 0 Å². The number of benzene rings is 1. The first kappa shape index (κ1) is 15.3. The van der Waals surface area contributed by atoms with Crippen LogP contribution >= 0.6 is 58.2 Å². The second-order valence-electron chi connectivity index (χ2n) is 4.43. The molecule has 1 aromatic carbocycles. The van der Waals surface area contributed by atoms with Crippen LogP contribution in [0, 0.1) is 3.77 Å². The van der Waals surface area contributed by atoms with Crippen LogP contribution in [0.4, 0.5) is 5.69 Å². The number of carbonyl (C=O) groups is 1. The van der Waals surface area contributed by atoms with Crippen LogP contribution in [0.1, 0.15) is 5.76 Å². The normalized spacial score (nSPS) is 18.6. The Morgan fingerprint density at radius 3 is 2.62 bits per heavy atom. The van der Waals surface area contributed by atoms with Crippen molar-refractivity contribution in [2.24, 2.45) is 0 Å². The molecule has 1 unspecified atom stereocenters. The predicted octanol–water partition coefficient (Wildman–Crippen LogP) is 4.51. The lowest BCUT2D eigenvalue weighted by atomic mass is 10.2. The van der Waals surface area contributed by atoms with Crippen molar-refractivity contribution in [2.45, 2.75) is 11.7 Å².